The van der Waals surface area contributed by atoms with Crippen molar-refractivity contribution >= 4 is 5.96 Å². The highest BCUT2D eigenvalue weighted by atomic mass is 19.2. The van der Waals surface area contributed by atoms with E-state index in [0.29, 0.717) is 18.7 Å². The number of aliphatic imine (C=N–C) groups is 1. The molecule has 2 aromatic carbocycles. The number of benzene rings is 2. The number of nitrogens with one attached hydrogen (secondary N) is 1. The molecule has 1 unspecified atom stereocenters. The van der Waals surface area contributed by atoms with Gasteiger partial charge in [-0.25, -0.2) is 8.78 Å². The minimum absolute atomic E-state index is 0.156. The van der Waals surface area contributed by atoms with E-state index in [4.69, 9.17) is 0 Å². The van der Waals surface area contributed by atoms with Gasteiger partial charge in [0.2, 0.25) is 0 Å². The molecule has 1 aliphatic heterocycles. The van der Waals surface area contributed by atoms with Crippen LogP contribution in [0.4, 0.5) is 8.78 Å². The summed E-state index contributed by atoms with van der Waals surface area (Å²) in [6.07, 6.45) is 0. The SMILES string of the molecule is CN(Cc1ccc(F)c(F)c1)C1=NCC(c2ccccc2)N1. The zero-order valence-corrected chi connectivity index (χ0v) is 12.3. The Balaban J connectivity index is 1.64. The topological polar surface area (TPSA) is 27.6 Å². The molecule has 1 atom stereocenters. The lowest BCUT2D eigenvalue weighted by Gasteiger charge is -2.21. The third-order valence-electron chi connectivity index (χ3n) is 3.69. The van der Waals surface area contributed by atoms with Crippen LogP contribution in [-0.4, -0.2) is 24.5 Å². The van der Waals surface area contributed by atoms with Crippen LogP contribution in [0.25, 0.3) is 0 Å². The molecule has 0 saturated heterocycles. The van der Waals surface area contributed by atoms with Gasteiger partial charge in [-0.3, -0.25) is 4.99 Å². The first-order chi connectivity index (χ1) is 10.6. The first-order valence-corrected chi connectivity index (χ1v) is 7.14. The van der Waals surface area contributed by atoms with Crippen molar-refractivity contribution in [3.63, 3.8) is 0 Å². The smallest absolute Gasteiger partial charge is 0.194 e. The van der Waals surface area contributed by atoms with Gasteiger partial charge in [0.15, 0.2) is 17.6 Å². The Bertz CT molecular complexity index is 686. The predicted octanol–water partition coefficient (Wildman–Crippen LogP) is 3.10. The van der Waals surface area contributed by atoms with Crippen molar-refractivity contribution in [1.82, 2.24) is 10.2 Å². The fourth-order valence-corrected chi connectivity index (χ4v) is 2.52. The van der Waals surface area contributed by atoms with E-state index in [9.17, 15) is 8.78 Å². The minimum atomic E-state index is -0.827. The molecule has 3 rings (SSSR count). The van der Waals surface area contributed by atoms with Crippen LogP contribution in [0.15, 0.2) is 53.5 Å². The number of halogens is 2. The van der Waals surface area contributed by atoms with Gasteiger partial charge in [0.1, 0.15) is 0 Å². The van der Waals surface area contributed by atoms with Crippen LogP contribution in [0.3, 0.4) is 0 Å². The highest BCUT2D eigenvalue weighted by molar-refractivity contribution is 5.82. The second kappa shape index (κ2) is 6.13. The molecular formula is C17H17F2N3. The van der Waals surface area contributed by atoms with Crippen LogP contribution in [0.2, 0.25) is 0 Å². The summed E-state index contributed by atoms with van der Waals surface area (Å²) < 4.78 is 26.2. The second-order valence-corrected chi connectivity index (χ2v) is 5.38. The molecule has 0 aromatic heterocycles. The van der Waals surface area contributed by atoms with Gasteiger partial charge in [0.05, 0.1) is 12.6 Å². The van der Waals surface area contributed by atoms with E-state index in [1.807, 2.05) is 30.1 Å². The molecule has 0 aliphatic carbocycles. The Morgan fingerprint density at radius 2 is 1.91 bits per heavy atom. The monoisotopic (exact) mass is 301 g/mol. The molecule has 114 valence electrons. The molecule has 0 spiro atoms. The van der Waals surface area contributed by atoms with E-state index in [0.717, 1.165) is 12.0 Å². The average molecular weight is 301 g/mol. The van der Waals surface area contributed by atoms with Crippen LogP contribution in [0.1, 0.15) is 17.2 Å². The summed E-state index contributed by atoms with van der Waals surface area (Å²) in [6.45, 7) is 1.13. The van der Waals surface area contributed by atoms with Crippen LogP contribution < -0.4 is 5.32 Å². The average Bonchev–Trinajstić information content (AvgIpc) is 3.02. The van der Waals surface area contributed by atoms with Gasteiger partial charge in [0.25, 0.3) is 0 Å². The zero-order valence-electron chi connectivity index (χ0n) is 12.3. The van der Waals surface area contributed by atoms with Crippen molar-refractivity contribution < 1.29 is 8.78 Å². The van der Waals surface area contributed by atoms with E-state index >= 15 is 0 Å². The van der Waals surface area contributed by atoms with Crippen LogP contribution in [-0.2, 0) is 6.54 Å². The summed E-state index contributed by atoms with van der Waals surface area (Å²) >= 11 is 0. The van der Waals surface area contributed by atoms with Gasteiger partial charge in [-0.1, -0.05) is 36.4 Å². The molecule has 5 heteroatoms. The molecule has 1 heterocycles. The van der Waals surface area contributed by atoms with E-state index < -0.39 is 11.6 Å². The van der Waals surface area contributed by atoms with Gasteiger partial charge in [-0.2, -0.15) is 0 Å². The normalized spacial score (nSPS) is 17.0. The Labute approximate surface area is 128 Å². The van der Waals surface area contributed by atoms with Crippen molar-refractivity contribution in [2.24, 2.45) is 4.99 Å². The lowest BCUT2D eigenvalue weighted by Crippen LogP contribution is -2.36. The summed E-state index contributed by atoms with van der Waals surface area (Å²) in [4.78, 5) is 6.39. The van der Waals surface area contributed by atoms with Gasteiger partial charge < -0.3 is 10.2 Å². The van der Waals surface area contributed by atoms with E-state index in [1.165, 1.54) is 11.6 Å². The number of hydrogen-bond acceptors (Lipinski definition) is 3. The predicted molar refractivity (Wildman–Crippen MR) is 82.4 cm³/mol. The molecule has 0 amide bonds. The molecule has 0 fully saturated rings. The summed E-state index contributed by atoms with van der Waals surface area (Å²) in [5.74, 6) is -0.889. The Kier molecular flexibility index (Phi) is 4.04. The zero-order chi connectivity index (χ0) is 15.5. The van der Waals surface area contributed by atoms with Crippen LogP contribution in [0.5, 0.6) is 0 Å². The second-order valence-electron chi connectivity index (χ2n) is 5.38. The van der Waals surface area contributed by atoms with E-state index in [2.05, 4.69) is 22.4 Å². The lowest BCUT2D eigenvalue weighted by atomic mass is 10.1. The standard InChI is InChI=1S/C17H17F2N3/c1-22(11-12-7-8-14(18)15(19)9-12)17-20-10-16(21-17)13-5-3-2-4-6-13/h2-9,16H,10-11H2,1H3,(H,20,21). The van der Waals surface area contributed by atoms with Gasteiger partial charge in [-0.05, 0) is 23.3 Å². The molecule has 2 aromatic rings. The third-order valence-corrected chi connectivity index (χ3v) is 3.69. The first kappa shape index (κ1) is 14.5. The molecule has 0 saturated carbocycles. The molecule has 0 radical (unpaired) electrons. The highest BCUT2D eigenvalue weighted by Gasteiger charge is 2.21. The Morgan fingerprint density at radius 3 is 2.64 bits per heavy atom. The van der Waals surface area contributed by atoms with Crippen molar-refractivity contribution in [2.45, 2.75) is 12.6 Å². The highest BCUT2D eigenvalue weighted by Crippen LogP contribution is 2.18. The third kappa shape index (κ3) is 3.08. The largest absolute Gasteiger partial charge is 0.348 e. The molecular weight excluding hydrogens is 284 g/mol. The number of rotatable bonds is 3. The quantitative estimate of drug-likeness (QED) is 0.943. The summed E-state index contributed by atoms with van der Waals surface area (Å²) in [5.41, 5.74) is 1.89. The maximum absolute atomic E-state index is 13.3. The van der Waals surface area contributed by atoms with Crippen molar-refractivity contribution in [3.8, 4) is 0 Å². The van der Waals surface area contributed by atoms with Crippen molar-refractivity contribution in [1.29, 1.82) is 0 Å². The Hall–Kier alpha value is -2.43. The van der Waals surface area contributed by atoms with Gasteiger partial charge in [-0.15, -0.1) is 0 Å². The molecule has 1 aliphatic rings. The van der Waals surface area contributed by atoms with Crippen LogP contribution >= 0.6 is 0 Å². The maximum Gasteiger partial charge on any atom is 0.194 e. The van der Waals surface area contributed by atoms with Crippen LogP contribution in [0, 0.1) is 11.6 Å². The molecule has 0 bridgehead atoms. The van der Waals surface area contributed by atoms with E-state index in [-0.39, 0.29) is 6.04 Å². The van der Waals surface area contributed by atoms with Gasteiger partial charge >= 0.3 is 0 Å². The van der Waals surface area contributed by atoms with Crippen molar-refractivity contribution in [3.05, 3.63) is 71.3 Å². The molecule has 3 nitrogen and oxygen atoms in total. The number of hydrogen-bond donors (Lipinski definition) is 1. The summed E-state index contributed by atoms with van der Waals surface area (Å²) in [7, 11) is 1.88. The fourth-order valence-electron chi connectivity index (χ4n) is 2.52. The first-order valence-electron chi connectivity index (χ1n) is 7.14. The fraction of sp³-hybridized carbons (Fsp3) is 0.235. The molecule has 1 N–H and O–H groups in total. The number of nitrogens with zero attached hydrogens (tertiary/aromatic N) is 2. The maximum atomic E-state index is 13.3. The molecule has 22 heavy (non-hydrogen) atoms. The Morgan fingerprint density at radius 1 is 1.14 bits per heavy atom. The van der Waals surface area contributed by atoms with E-state index in [1.54, 1.807) is 6.07 Å². The lowest BCUT2D eigenvalue weighted by molar-refractivity contribution is 0.470. The van der Waals surface area contributed by atoms with Gasteiger partial charge in [0, 0.05) is 13.6 Å². The minimum Gasteiger partial charge on any atom is -0.348 e. The summed E-state index contributed by atoms with van der Waals surface area (Å²) in [6, 6.07) is 14.2. The summed E-state index contributed by atoms with van der Waals surface area (Å²) in [5, 5.41) is 3.36. The van der Waals surface area contributed by atoms with Crippen molar-refractivity contribution in [2.75, 3.05) is 13.6 Å². The number of guanidine groups is 1.